The fraction of sp³-hybridized carbons (Fsp3) is 0.143. The molecule has 24 heavy (non-hydrogen) atoms. The molecule has 1 aliphatic heterocycles. The maximum atomic E-state index is 12.5. The van der Waals surface area contributed by atoms with Gasteiger partial charge in [0, 0.05) is 13.2 Å². The van der Waals surface area contributed by atoms with Gasteiger partial charge in [-0.15, -0.1) is 11.3 Å². The fourth-order valence-corrected chi connectivity index (χ4v) is 5.14. The van der Waals surface area contributed by atoms with Crippen molar-refractivity contribution < 1.29 is 18.3 Å². The summed E-state index contributed by atoms with van der Waals surface area (Å²) in [5.41, 5.74) is 0.522. The molecule has 0 atom stereocenters. The highest BCUT2D eigenvalue weighted by molar-refractivity contribution is 7.89. The van der Waals surface area contributed by atoms with Crippen LogP contribution in [0.5, 0.6) is 0 Å². The molecule has 1 aliphatic rings. The molecule has 0 aliphatic carbocycles. The summed E-state index contributed by atoms with van der Waals surface area (Å²) >= 11 is 6.74. The number of anilines is 1. The number of thiophene rings is 1. The lowest BCUT2D eigenvalue weighted by Crippen LogP contribution is -2.36. The van der Waals surface area contributed by atoms with E-state index in [1.165, 1.54) is 13.1 Å². The number of rotatable bonds is 2. The van der Waals surface area contributed by atoms with Crippen LogP contribution in [0.2, 0.25) is 4.34 Å². The molecular weight excluding hydrogens is 374 g/mol. The summed E-state index contributed by atoms with van der Waals surface area (Å²) in [5.74, 6) is -0.986. The standard InChI is InChI=1S/C14H12ClN3O4S2/c1-7-3-4-10(16-6-7)17-14(20)11-12(19)13-8(5-9(15)23-13)24(21,22)18(11)2/h3-6,19H,1-2H3,(H,16,17,20). The number of likely N-dealkylation sites (N-methyl/N-ethyl adjacent to an activating group) is 1. The number of amides is 1. The highest BCUT2D eigenvalue weighted by Gasteiger charge is 2.39. The second-order valence-corrected chi connectivity index (χ2v) is 8.71. The minimum atomic E-state index is -3.97. The number of pyridine rings is 1. The first kappa shape index (κ1) is 16.7. The van der Waals surface area contributed by atoms with Gasteiger partial charge in [0.25, 0.3) is 15.9 Å². The van der Waals surface area contributed by atoms with E-state index >= 15 is 0 Å². The van der Waals surface area contributed by atoms with E-state index in [1.807, 2.05) is 6.92 Å². The Morgan fingerprint density at radius 3 is 2.75 bits per heavy atom. The number of aliphatic hydroxyl groups is 1. The molecule has 1 amide bonds. The van der Waals surface area contributed by atoms with Crippen molar-refractivity contribution in [3.05, 3.63) is 44.9 Å². The molecule has 0 saturated carbocycles. The summed E-state index contributed by atoms with van der Waals surface area (Å²) in [5, 5.41) is 12.8. The molecule has 3 heterocycles. The zero-order chi connectivity index (χ0) is 17.6. The van der Waals surface area contributed by atoms with E-state index < -0.39 is 21.7 Å². The molecule has 0 fully saturated rings. The van der Waals surface area contributed by atoms with Crippen LogP contribution in [-0.2, 0) is 14.8 Å². The highest BCUT2D eigenvalue weighted by atomic mass is 35.5. The molecule has 2 aromatic heterocycles. The van der Waals surface area contributed by atoms with E-state index in [2.05, 4.69) is 10.3 Å². The zero-order valence-corrected chi connectivity index (χ0v) is 15.0. The number of hydrogen-bond donors (Lipinski definition) is 2. The van der Waals surface area contributed by atoms with Crippen LogP contribution in [0.4, 0.5) is 5.82 Å². The predicted octanol–water partition coefficient (Wildman–Crippen LogP) is 2.60. The molecule has 2 aromatic rings. The summed E-state index contributed by atoms with van der Waals surface area (Å²) in [6, 6.07) is 4.57. The van der Waals surface area contributed by atoms with Crippen LogP contribution in [0.3, 0.4) is 0 Å². The molecule has 10 heteroatoms. The monoisotopic (exact) mass is 385 g/mol. The summed E-state index contributed by atoms with van der Waals surface area (Å²) < 4.78 is 25.9. The Hall–Kier alpha value is -2.10. The maximum Gasteiger partial charge on any atom is 0.278 e. The molecule has 126 valence electrons. The molecule has 0 saturated heterocycles. The van der Waals surface area contributed by atoms with E-state index in [9.17, 15) is 18.3 Å². The Morgan fingerprint density at radius 1 is 1.42 bits per heavy atom. The molecular formula is C14H12ClN3O4S2. The minimum Gasteiger partial charge on any atom is -0.504 e. The number of fused-ring (bicyclic) bond motifs is 1. The van der Waals surface area contributed by atoms with Gasteiger partial charge in [0.05, 0.1) is 9.21 Å². The highest BCUT2D eigenvalue weighted by Crippen LogP contribution is 2.41. The van der Waals surface area contributed by atoms with Gasteiger partial charge >= 0.3 is 0 Å². The Bertz CT molecular complexity index is 964. The quantitative estimate of drug-likeness (QED) is 0.827. The second kappa shape index (κ2) is 5.76. The first-order valence-corrected chi connectivity index (χ1v) is 9.31. The van der Waals surface area contributed by atoms with E-state index in [4.69, 9.17) is 11.6 Å². The molecule has 3 rings (SSSR count). The smallest absolute Gasteiger partial charge is 0.278 e. The first-order chi connectivity index (χ1) is 11.2. The van der Waals surface area contributed by atoms with Crippen LogP contribution in [0.1, 0.15) is 10.4 Å². The van der Waals surface area contributed by atoms with Crippen molar-refractivity contribution >= 4 is 50.4 Å². The van der Waals surface area contributed by atoms with Gasteiger partial charge in [-0.3, -0.25) is 9.10 Å². The molecule has 0 aromatic carbocycles. The van der Waals surface area contributed by atoms with E-state index in [0.29, 0.717) is 0 Å². The van der Waals surface area contributed by atoms with Crippen LogP contribution in [0.15, 0.2) is 35.0 Å². The molecule has 7 nitrogen and oxygen atoms in total. The van der Waals surface area contributed by atoms with E-state index in [1.54, 1.807) is 18.3 Å². The van der Waals surface area contributed by atoms with Crippen molar-refractivity contribution in [2.45, 2.75) is 11.8 Å². The lowest BCUT2D eigenvalue weighted by molar-refractivity contribution is -0.113. The number of nitrogens with zero attached hydrogens (tertiary/aromatic N) is 2. The van der Waals surface area contributed by atoms with Gasteiger partial charge in [0.1, 0.15) is 10.7 Å². The van der Waals surface area contributed by atoms with Crippen molar-refractivity contribution in [2.75, 3.05) is 12.4 Å². The first-order valence-electron chi connectivity index (χ1n) is 6.67. The second-order valence-electron chi connectivity index (χ2n) is 5.09. The SMILES string of the molecule is Cc1ccc(NC(=O)C2=C(O)c3sc(Cl)cc3S(=O)(=O)N2C)nc1. The van der Waals surface area contributed by atoms with Crippen molar-refractivity contribution in [1.82, 2.24) is 9.29 Å². The van der Waals surface area contributed by atoms with Crippen molar-refractivity contribution in [2.24, 2.45) is 0 Å². The number of sulfonamides is 1. The number of aliphatic hydroxyl groups excluding tert-OH is 1. The molecule has 0 bridgehead atoms. The average molecular weight is 386 g/mol. The summed E-state index contributed by atoms with van der Waals surface area (Å²) in [6.45, 7) is 1.84. The summed E-state index contributed by atoms with van der Waals surface area (Å²) in [4.78, 5) is 16.4. The number of aryl methyl sites for hydroxylation is 1. The van der Waals surface area contributed by atoms with Gasteiger partial charge in [0.15, 0.2) is 11.5 Å². The number of carbonyl (C=O) groups excluding carboxylic acids is 1. The Kier molecular flexibility index (Phi) is 4.02. The lowest BCUT2D eigenvalue weighted by atomic mass is 10.2. The number of hydrogen-bond acceptors (Lipinski definition) is 6. The molecule has 0 spiro atoms. The maximum absolute atomic E-state index is 12.5. The number of nitrogens with one attached hydrogen (secondary N) is 1. The molecule has 0 radical (unpaired) electrons. The van der Waals surface area contributed by atoms with Gasteiger partial charge in [-0.25, -0.2) is 13.4 Å². The third kappa shape index (κ3) is 2.64. The number of carbonyl (C=O) groups is 1. The van der Waals surface area contributed by atoms with Crippen LogP contribution >= 0.6 is 22.9 Å². The minimum absolute atomic E-state index is 0.0418. The van der Waals surface area contributed by atoms with Gasteiger partial charge in [-0.2, -0.15) is 0 Å². The van der Waals surface area contributed by atoms with E-state index in [0.717, 1.165) is 21.2 Å². The largest absolute Gasteiger partial charge is 0.504 e. The number of aromatic nitrogens is 1. The Labute approximate surface area is 147 Å². The third-order valence-electron chi connectivity index (χ3n) is 3.43. The van der Waals surface area contributed by atoms with E-state index in [-0.39, 0.29) is 25.6 Å². The van der Waals surface area contributed by atoms with Gasteiger partial charge in [0.2, 0.25) is 0 Å². The fourth-order valence-electron chi connectivity index (χ4n) is 2.19. The normalized spacial score (nSPS) is 16.0. The Balaban J connectivity index is 2.05. The lowest BCUT2D eigenvalue weighted by Gasteiger charge is -2.26. The van der Waals surface area contributed by atoms with Crippen LogP contribution < -0.4 is 5.32 Å². The van der Waals surface area contributed by atoms with Crippen molar-refractivity contribution in [3.63, 3.8) is 0 Å². The van der Waals surface area contributed by atoms with Crippen molar-refractivity contribution in [3.8, 4) is 0 Å². The van der Waals surface area contributed by atoms with Gasteiger partial charge < -0.3 is 10.4 Å². The topological polar surface area (TPSA) is 99.6 Å². The van der Waals surface area contributed by atoms with Crippen LogP contribution in [-0.4, -0.2) is 35.8 Å². The molecule has 0 unspecified atom stereocenters. The average Bonchev–Trinajstić information content (AvgIpc) is 2.91. The summed E-state index contributed by atoms with van der Waals surface area (Å²) in [7, 11) is -2.77. The van der Waals surface area contributed by atoms with Crippen molar-refractivity contribution in [1.29, 1.82) is 0 Å². The van der Waals surface area contributed by atoms with Gasteiger partial charge in [-0.05, 0) is 24.6 Å². The van der Waals surface area contributed by atoms with Gasteiger partial charge in [-0.1, -0.05) is 17.7 Å². The number of halogens is 1. The van der Waals surface area contributed by atoms with Crippen LogP contribution in [0.25, 0.3) is 5.76 Å². The van der Waals surface area contributed by atoms with Crippen LogP contribution in [0, 0.1) is 6.92 Å². The summed E-state index contributed by atoms with van der Waals surface area (Å²) in [6.07, 6.45) is 1.56. The Morgan fingerprint density at radius 2 is 2.12 bits per heavy atom. The zero-order valence-electron chi connectivity index (χ0n) is 12.6. The third-order valence-corrected chi connectivity index (χ3v) is 6.61. The molecule has 2 N–H and O–H groups in total. The predicted molar refractivity (Wildman–Crippen MR) is 91.4 cm³/mol.